The molecule has 0 bridgehead atoms. The van der Waals surface area contributed by atoms with Crippen LogP contribution in [0.1, 0.15) is 50.7 Å². The number of rotatable bonds is 3. The van der Waals surface area contributed by atoms with E-state index >= 15 is 0 Å². The van der Waals surface area contributed by atoms with E-state index in [2.05, 4.69) is 44.0 Å². The van der Waals surface area contributed by atoms with Gasteiger partial charge in [0.1, 0.15) is 6.33 Å². The number of aryl methyl sites for hydroxylation is 3. The molecule has 0 aliphatic carbocycles. The van der Waals surface area contributed by atoms with Crippen molar-refractivity contribution in [2.24, 2.45) is 0 Å². The summed E-state index contributed by atoms with van der Waals surface area (Å²) in [5, 5.41) is 7.35. The average molecular weight is 408 g/mol. The Kier molecular flexibility index (Phi) is 12.6. The van der Waals surface area contributed by atoms with E-state index in [1.54, 1.807) is 18.7 Å². The average Bonchev–Trinajstić information content (AvgIpc) is 2.75. The third kappa shape index (κ3) is 10.8. The molecule has 0 spiro atoms. The molecule has 158 valence electrons. The van der Waals surface area contributed by atoms with Crippen LogP contribution in [0.4, 0.5) is 13.2 Å². The lowest BCUT2D eigenvalue weighted by molar-refractivity contribution is -0.145. The Morgan fingerprint density at radius 1 is 0.724 bits per heavy atom. The van der Waals surface area contributed by atoms with Crippen LogP contribution in [-0.4, -0.2) is 30.1 Å². The Morgan fingerprint density at radius 3 is 1.59 bits per heavy atom. The Balaban J connectivity index is 0.000000411. The zero-order chi connectivity index (χ0) is 20.8. The van der Waals surface area contributed by atoms with E-state index in [-0.39, 0.29) is 7.43 Å². The molecule has 29 heavy (non-hydrogen) atoms. The maximum Gasteiger partial charge on any atom is 0.451 e. The summed E-state index contributed by atoms with van der Waals surface area (Å²) in [6.07, 6.45) is 9.31. The number of aromatic nitrogens is 6. The highest BCUT2D eigenvalue weighted by Gasteiger charge is 2.34. The Bertz CT molecular complexity index is 726. The van der Waals surface area contributed by atoms with E-state index in [1.807, 2.05) is 25.4 Å². The molecule has 0 saturated heterocycles. The fraction of sp³-hybridized carbons (Fsp3) is 0.400. The van der Waals surface area contributed by atoms with Gasteiger partial charge >= 0.3 is 6.18 Å². The lowest BCUT2D eigenvalue weighted by Crippen LogP contribution is -2.10. The van der Waals surface area contributed by atoms with Crippen molar-refractivity contribution in [2.45, 2.75) is 53.6 Å². The molecule has 9 heteroatoms. The molecule has 0 unspecified atom stereocenters. The van der Waals surface area contributed by atoms with E-state index < -0.39 is 12.0 Å². The van der Waals surface area contributed by atoms with Gasteiger partial charge in [-0.1, -0.05) is 28.2 Å². The molecule has 0 radical (unpaired) electrons. The molecule has 3 heterocycles. The molecule has 3 rings (SSSR count). The summed E-state index contributed by atoms with van der Waals surface area (Å²) in [7, 11) is 0. The highest BCUT2D eigenvalue weighted by atomic mass is 19.4. The highest BCUT2D eigenvalue weighted by Crippen LogP contribution is 2.25. The van der Waals surface area contributed by atoms with Crippen molar-refractivity contribution in [3.05, 3.63) is 72.1 Å². The predicted molar refractivity (Wildman–Crippen MR) is 106 cm³/mol. The number of hydrogen-bond donors (Lipinski definition) is 0. The molecular weight excluding hydrogens is 381 g/mol. The second kappa shape index (κ2) is 14.1. The summed E-state index contributed by atoms with van der Waals surface area (Å²) in [5.74, 6) is -1.08. The van der Waals surface area contributed by atoms with E-state index in [9.17, 15) is 13.2 Å². The first-order valence-electron chi connectivity index (χ1n) is 8.78. The molecule has 6 nitrogen and oxygen atoms in total. The van der Waals surface area contributed by atoms with Crippen molar-refractivity contribution in [3.63, 3.8) is 0 Å². The zero-order valence-electron chi connectivity index (χ0n) is 16.1. The van der Waals surface area contributed by atoms with Gasteiger partial charge < -0.3 is 0 Å². The molecule has 0 N–H and O–H groups in total. The van der Waals surface area contributed by atoms with Gasteiger partial charge in [-0.25, -0.2) is 19.9 Å². The van der Waals surface area contributed by atoms with E-state index in [0.29, 0.717) is 12.0 Å². The Labute approximate surface area is 169 Å². The van der Waals surface area contributed by atoms with Gasteiger partial charge in [-0.15, -0.1) is 0 Å². The maximum atomic E-state index is 11.9. The maximum absolute atomic E-state index is 11.9. The van der Waals surface area contributed by atoms with Gasteiger partial charge in [0.25, 0.3) is 0 Å². The minimum absolute atomic E-state index is 0. The third-order valence-corrected chi connectivity index (χ3v) is 3.44. The summed E-state index contributed by atoms with van der Waals surface area (Å²) in [6.45, 7) is 6.00. The number of alkyl halides is 3. The van der Waals surface area contributed by atoms with Crippen LogP contribution in [0.5, 0.6) is 0 Å². The van der Waals surface area contributed by atoms with Crippen molar-refractivity contribution in [1.82, 2.24) is 30.1 Å². The van der Waals surface area contributed by atoms with Crippen molar-refractivity contribution in [1.29, 1.82) is 0 Å². The molecule has 0 amide bonds. The molecule has 3 aromatic heterocycles. The zero-order valence-corrected chi connectivity index (χ0v) is 16.1. The first-order valence-corrected chi connectivity index (χ1v) is 8.78. The van der Waals surface area contributed by atoms with Crippen molar-refractivity contribution >= 4 is 0 Å². The first-order chi connectivity index (χ1) is 13.4. The van der Waals surface area contributed by atoms with Gasteiger partial charge in [0.15, 0.2) is 0 Å². The number of hydrogen-bond acceptors (Lipinski definition) is 6. The molecular formula is C20H27F3N6. The van der Waals surface area contributed by atoms with Gasteiger partial charge in [-0.05, 0) is 42.0 Å². The number of halogens is 3. The molecule has 0 fully saturated rings. The van der Waals surface area contributed by atoms with Crippen LogP contribution < -0.4 is 0 Å². The SMILES string of the molecule is C.CCc1ccnnc1.CCc1cnc(C(F)(F)F)nc1.CCc1cncnc1. The highest BCUT2D eigenvalue weighted by molar-refractivity contribution is 5.06. The van der Waals surface area contributed by atoms with Gasteiger partial charge in [-0.2, -0.15) is 23.4 Å². The van der Waals surface area contributed by atoms with Crippen LogP contribution in [0.15, 0.2) is 49.6 Å². The van der Waals surface area contributed by atoms with Crippen molar-refractivity contribution < 1.29 is 13.2 Å². The lowest BCUT2D eigenvalue weighted by atomic mass is 10.2. The monoisotopic (exact) mass is 408 g/mol. The van der Waals surface area contributed by atoms with Gasteiger partial charge in [0, 0.05) is 31.0 Å². The fourth-order valence-electron chi connectivity index (χ4n) is 1.72. The second-order valence-corrected chi connectivity index (χ2v) is 5.47. The minimum Gasteiger partial charge on any atom is -0.245 e. The molecule has 0 atom stereocenters. The first kappa shape index (κ1) is 26.0. The summed E-state index contributed by atoms with van der Waals surface area (Å²) >= 11 is 0. The van der Waals surface area contributed by atoms with Crippen LogP contribution in [0.3, 0.4) is 0 Å². The molecule has 0 saturated carbocycles. The number of nitrogens with zero attached hydrogens (tertiary/aromatic N) is 6. The van der Waals surface area contributed by atoms with Crippen molar-refractivity contribution in [2.75, 3.05) is 0 Å². The standard InChI is InChI=1S/C7H7F3N2.2C6H8N2.CH4/c1-2-5-3-11-6(12-4-5)7(8,9)10;1-2-6-3-7-5-8-4-6;1-2-6-3-4-7-8-5-6;/h3-4H,2H2,1H3;2*3-5H,2H2,1H3;1H4. The van der Waals surface area contributed by atoms with Gasteiger partial charge in [-0.3, -0.25) is 0 Å². The predicted octanol–water partition coefficient (Wildman–Crippen LogP) is 4.77. The van der Waals surface area contributed by atoms with E-state index in [1.165, 1.54) is 23.5 Å². The summed E-state index contributed by atoms with van der Waals surface area (Å²) in [6, 6.07) is 1.97. The van der Waals surface area contributed by atoms with Crippen molar-refractivity contribution in [3.8, 4) is 0 Å². The lowest BCUT2D eigenvalue weighted by Gasteiger charge is -2.03. The Morgan fingerprint density at radius 2 is 1.24 bits per heavy atom. The van der Waals surface area contributed by atoms with Gasteiger partial charge in [0.2, 0.25) is 5.82 Å². The summed E-state index contributed by atoms with van der Waals surface area (Å²) in [5.41, 5.74) is 3.12. The normalized spacial score (nSPS) is 9.86. The topological polar surface area (TPSA) is 77.3 Å². The minimum atomic E-state index is -4.44. The van der Waals surface area contributed by atoms with Gasteiger partial charge in [0.05, 0.1) is 6.20 Å². The smallest absolute Gasteiger partial charge is 0.245 e. The molecule has 0 aromatic carbocycles. The van der Waals surface area contributed by atoms with Crippen LogP contribution in [-0.2, 0) is 25.4 Å². The van der Waals surface area contributed by atoms with E-state index in [4.69, 9.17) is 0 Å². The quantitative estimate of drug-likeness (QED) is 0.621. The molecule has 3 aromatic rings. The van der Waals surface area contributed by atoms with E-state index in [0.717, 1.165) is 12.8 Å². The fourth-order valence-corrected chi connectivity index (χ4v) is 1.72. The van der Waals surface area contributed by atoms with Crippen LogP contribution in [0.2, 0.25) is 0 Å². The largest absolute Gasteiger partial charge is 0.451 e. The summed E-state index contributed by atoms with van der Waals surface area (Å²) < 4.78 is 35.7. The van der Waals surface area contributed by atoms with Crippen LogP contribution in [0, 0.1) is 0 Å². The van der Waals surface area contributed by atoms with Crippen LogP contribution in [0.25, 0.3) is 0 Å². The molecule has 0 aliphatic rings. The Hall–Kier alpha value is -2.97. The van der Waals surface area contributed by atoms with Crippen LogP contribution >= 0.6 is 0 Å². The molecule has 0 aliphatic heterocycles. The summed E-state index contributed by atoms with van der Waals surface area (Å²) in [4.78, 5) is 14.1. The third-order valence-electron chi connectivity index (χ3n) is 3.44. The second-order valence-electron chi connectivity index (χ2n) is 5.47.